The van der Waals surface area contributed by atoms with Crippen molar-refractivity contribution >= 4 is 40.6 Å². The van der Waals surface area contributed by atoms with E-state index in [2.05, 4.69) is 15.3 Å². The van der Waals surface area contributed by atoms with Crippen LogP contribution in [0.3, 0.4) is 0 Å². The molecule has 1 unspecified atom stereocenters. The lowest BCUT2D eigenvalue weighted by atomic mass is 9.82. The average molecular weight is 617 g/mol. The largest absolute Gasteiger partial charge is 0.479 e. The molecule has 1 atom stereocenters. The highest BCUT2D eigenvalue weighted by Gasteiger charge is 2.51. The van der Waals surface area contributed by atoms with Gasteiger partial charge >= 0.3 is 6.01 Å². The highest BCUT2D eigenvalue weighted by molar-refractivity contribution is 6.31. The molecule has 0 saturated carbocycles. The van der Waals surface area contributed by atoms with Crippen LogP contribution >= 0.6 is 23.2 Å². The molecule has 2 aromatic heterocycles. The van der Waals surface area contributed by atoms with Gasteiger partial charge < -0.3 is 24.5 Å². The van der Waals surface area contributed by atoms with E-state index in [1.165, 1.54) is 43.3 Å². The van der Waals surface area contributed by atoms with Gasteiger partial charge in [-0.3, -0.25) is 9.59 Å². The molecule has 9 nitrogen and oxygen atoms in total. The fraction of sp³-hybridized carbons (Fsp3) is 0.241. The monoisotopic (exact) mass is 616 g/mol. The number of carbonyl (C=O) groups excluding carboxylic acids is 2. The van der Waals surface area contributed by atoms with E-state index in [9.17, 15) is 23.5 Å². The van der Waals surface area contributed by atoms with Crippen molar-refractivity contribution in [2.45, 2.75) is 31.8 Å². The van der Waals surface area contributed by atoms with Crippen LogP contribution in [0.1, 0.15) is 52.5 Å². The number of rotatable bonds is 7. The Bertz CT molecular complexity index is 1760. The molecule has 0 fully saturated rings. The van der Waals surface area contributed by atoms with Gasteiger partial charge in [0.1, 0.15) is 17.3 Å². The quantitative estimate of drug-likeness (QED) is 0.259. The molecule has 1 aliphatic carbocycles. The van der Waals surface area contributed by atoms with E-state index in [-0.39, 0.29) is 40.7 Å². The second kappa shape index (κ2) is 11.0. The minimum absolute atomic E-state index is 0.0195. The summed E-state index contributed by atoms with van der Waals surface area (Å²) >= 11 is 12.0. The van der Waals surface area contributed by atoms with Gasteiger partial charge in [-0.15, -0.1) is 0 Å². The minimum Gasteiger partial charge on any atom is -0.479 e. The lowest BCUT2D eigenvalue weighted by Crippen LogP contribution is -2.36. The van der Waals surface area contributed by atoms with Crippen molar-refractivity contribution < 1.29 is 33.0 Å². The molecule has 0 aliphatic heterocycles. The molecule has 4 aromatic rings. The third-order valence-corrected chi connectivity index (χ3v) is 7.54. The molecule has 5 rings (SSSR count). The molecule has 2 aromatic carbocycles. The van der Waals surface area contributed by atoms with Crippen LogP contribution in [0.5, 0.6) is 11.9 Å². The van der Waals surface area contributed by atoms with Crippen molar-refractivity contribution in [3.8, 4) is 17.6 Å². The predicted molar refractivity (Wildman–Crippen MR) is 151 cm³/mol. The zero-order chi connectivity index (χ0) is 30.5. The number of ketones is 1. The van der Waals surface area contributed by atoms with Gasteiger partial charge in [0.15, 0.2) is 11.4 Å². The molecular weight excluding hydrogens is 593 g/mol. The number of Topliss-reactive ketones (excluding diaryl/α,β-unsaturated/α-hetero) is 1. The number of methoxy groups -OCH3 is 2. The van der Waals surface area contributed by atoms with Crippen LogP contribution in [0.15, 0.2) is 42.7 Å². The molecule has 1 amide bonds. The van der Waals surface area contributed by atoms with E-state index in [0.29, 0.717) is 22.3 Å². The van der Waals surface area contributed by atoms with Gasteiger partial charge in [0, 0.05) is 35.0 Å². The third kappa shape index (κ3) is 4.77. The number of aliphatic hydroxyl groups is 1. The Labute approximate surface area is 249 Å². The number of ether oxygens (including phenoxy) is 2. The lowest BCUT2D eigenvalue weighted by Gasteiger charge is -2.27. The molecule has 0 radical (unpaired) electrons. The summed E-state index contributed by atoms with van der Waals surface area (Å²) in [4.78, 5) is 35.9. The van der Waals surface area contributed by atoms with E-state index in [1.54, 1.807) is 19.9 Å². The first-order valence-electron chi connectivity index (χ1n) is 12.6. The maximum absolute atomic E-state index is 14.6. The second-order valence-electron chi connectivity index (χ2n) is 9.89. The van der Waals surface area contributed by atoms with Crippen molar-refractivity contribution in [3.63, 3.8) is 0 Å². The number of amides is 1. The van der Waals surface area contributed by atoms with Crippen LogP contribution in [0.4, 0.5) is 14.5 Å². The molecule has 0 saturated heterocycles. The van der Waals surface area contributed by atoms with Crippen molar-refractivity contribution in [2.75, 3.05) is 19.5 Å². The maximum atomic E-state index is 14.6. The molecular formula is C29H24Cl2F2N4O5. The van der Waals surface area contributed by atoms with E-state index in [4.69, 9.17) is 32.7 Å². The number of nitrogens with zero attached hydrogens (tertiary/aromatic N) is 3. The van der Waals surface area contributed by atoms with Gasteiger partial charge in [-0.25, -0.2) is 13.8 Å². The first kappa shape index (κ1) is 29.4. The van der Waals surface area contributed by atoms with Crippen LogP contribution in [-0.4, -0.2) is 45.6 Å². The summed E-state index contributed by atoms with van der Waals surface area (Å²) in [6.07, 6.45) is 2.62. The maximum Gasteiger partial charge on any atom is 0.319 e. The number of nitrogens with one attached hydrogen (secondary N) is 1. The van der Waals surface area contributed by atoms with Gasteiger partial charge in [-0.05, 0) is 35.2 Å². The summed E-state index contributed by atoms with van der Waals surface area (Å²) < 4.78 is 40.6. The van der Waals surface area contributed by atoms with Crippen LogP contribution in [0, 0.1) is 11.6 Å². The van der Waals surface area contributed by atoms with Gasteiger partial charge in [0.05, 0.1) is 36.7 Å². The van der Waals surface area contributed by atoms with Crippen molar-refractivity contribution in [1.29, 1.82) is 0 Å². The molecule has 13 heteroatoms. The van der Waals surface area contributed by atoms with Crippen molar-refractivity contribution in [2.24, 2.45) is 0 Å². The Morgan fingerprint density at radius 1 is 1.14 bits per heavy atom. The van der Waals surface area contributed by atoms with E-state index >= 15 is 0 Å². The van der Waals surface area contributed by atoms with Crippen LogP contribution in [-0.2, 0) is 16.8 Å². The highest BCUT2D eigenvalue weighted by Crippen LogP contribution is 2.46. The Morgan fingerprint density at radius 2 is 1.88 bits per heavy atom. The molecule has 42 heavy (non-hydrogen) atoms. The number of anilines is 1. The highest BCUT2D eigenvalue weighted by atomic mass is 35.5. The molecule has 0 spiro atoms. The fourth-order valence-electron chi connectivity index (χ4n) is 5.19. The average Bonchev–Trinajstić information content (AvgIpc) is 3.47. The first-order valence-corrected chi connectivity index (χ1v) is 13.4. The van der Waals surface area contributed by atoms with E-state index < -0.39 is 45.6 Å². The van der Waals surface area contributed by atoms with E-state index in [0.717, 1.165) is 6.07 Å². The minimum atomic E-state index is -2.28. The Morgan fingerprint density at radius 3 is 2.55 bits per heavy atom. The summed E-state index contributed by atoms with van der Waals surface area (Å²) in [6, 6.07) is 6.13. The molecule has 1 aliphatic rings. The van der Waals surface area contributed by atoms with Crippen LogP contribution in [0.2, 0.25) is 10.0 Å². The number of halogens is 4. The lowest BCUT2D eigenvalue weighted by molar-refractivity contribution is -0.131. The Hall–Kier alpha value is -4.06. The number of carbonyl (C=O) groups is 2. The predicted octanol–water partition coefficient (Wildman–Crippen LogP) is 5.61. The fourth-order valence-corrected chi connectivity index (χ4v) is 5.55. The van der Waals surface area contributed by atoms with Crippen LogP contribution < -0.4 is 14.8 Å². The zero-order valence-corrected chi connectivity index (χ0v) is 24.3. The van der Waals surface area contributed by atoms with Crippen LogP contribution in [0.25, 0.3) is 5.69 Å². The zero-order valence-electron chi connectivity index (χ0n) is 22.8. The summed E-state index contributed by atoms with van der Waals surface area (Å²) in [5.74, 6) is -3.90. The normalized spacial score (nSPS) is 16.1. The molecule has 218 valence electrons. The van der Waals surface area contributed by atoms with E-state index in [1.807, 2.05) is 0 Å². The van der Waals surface area contributed by atoms with Gasteiger partial charge in [-0.1, -0.05) is 43.1 Å². The van der Waals surface area contributed by atoms with Gasteiger partial charge in [-0.2, -0.15) is 4.98 Å². The summed E-state index contributed by atoms with van der Waals surface area (Å²) in [5.41, 5.74) is -1.53. The third-order valence-electron chi connectivity index (χ3n) is 7.02. The Balaban J connectivity index is 1.81. The van der Waals surface area contributed by atoms with Crippen molar-refractivity contribution in [3.05, 3.63) is 92.4 Å². The molecule has 0 bridgehead atoms. The number of hydrogen-bond donors (Lipinski definition) is 2. The summed E-state index contributed by atoms with van der Waals surface area (Å²) in [7, 11) is 2.77. The molecule has 2 heterocycles. The van der Waals surface area contributed by atoms with Crippen molar-refractivity contribution in [1.82, 2.24) is 14.5 Å². The SMILES string of the molecule is COc1ncc(-n2cc(C(=O)Nc3cc(Cl)c(F)cc3F)c(C3(O)C(=O)Cc4cc(Cl)ccc43)c2C(C)C)c(OC)n1. The first-order chi connectivity index (χ1) is 19.9. The summed E-state index contributed by atoms with van der Waals surface area (Å²) in [6.45, 7) is 3.61. The second-order valence-corrected chi connectivity index (χ2v) is 10.7. The number of benzene rings is 2. The molecule has 2 N–H and O–H groups in total. The standard InChI is InChI=1S/C29H24Cl2F2N4O5/c1-13(2)25-24(29(40)17-6-5-15(30)7-14(17)8-23(29)38)16(26(39)35-21-9-18(31)19(32)10-20(21)33)12-37(25)22-11-34-28(42-4)36-27(22)41-3/h5-7,9-13,40H,8H2,1-4H3,(H,35,39). The van der Waals surface area contributed by atoms with Gasteiger partial charge in [0.25, 0.3) is 5.91 Å². The smallest absolute Gasteiger partial charge is 0.319 e. The topological polar surface area (TPSA) is 116 Å². The number of aromatic nitrogens is 3. The number of fused-ring (bicyclic) bond motifs is 1. The Kier molecular flexibility index (Phi) is 7.69. The summed E-state index contributed by atoms with van der Waals surface area (Å²) in [5, 5.41) is 14.6. The number of hydrogen-bond acceptors (Lipinski definition) is 7. The van der Waals surface area contributed by atoms with Gasteiger partial charge in [0.2, 0.25) is 5.88 Å².